The number of ether oxygens (including phenoxy) is 2. The summed E-state index contributed by atoms with van der Waals surface area (Å²) in [6.07, 6.45) is 1.90. The Morgan fingerprint density at radius 2 is 1.78 bits per heavy atom. The van der Waals surface area contributed by atoms with E-state index < -0.39 is 0 Å². The largest absolute Gasteiger partial charge is 0.465 e. The van der Waals surface area contributed by atoms with Gasteiger partial charge in [0.1, 0.15) is 17.3 Å². The third kappa shape index (κ3) is 4.59. The van der Waals surface area contributed by atoms with Gasteiger partial charge >= 0.3 is 5.97 Å². The lowest BCUT2D eigenvalue weighted by Crippen LogP contribution is -2.02. The number of imidazole rings is 1. The van der Waals surface area contributed by atoms with E-state index in [1.54, 1.807) is 42.6 Å². The molecule has 32 heavy (non-hydrogen) atoms. The standard InChI is InChI=1S/C24H22N4O4/c1-15(29)12-18-13-20(10-11-25-18)32-19-8-9-22-21(14-19)27-24(28(22)2)26-17-6-4-16(5-7-17)23(30)31-3/h4-11,13-14H,12H2,1-3H3,(H,26,27). The van der Waals surface area contributed by atoms with Crippen molar-refractivity contribution in [2.45, 2.75) is 13.3 Å². The van der Waals surface area contributed by atoms with Gasteiger partial charge in [-0.3, -0.25) is 9.78 Å². The number of rotatable bonds is 7. The molecule has 2 aromatic heterocycles. The van der Waals surface area contributed by atoms with Crippen LogP contribution in [0.3, 0.4) is 0 Å². The van der Waals surface area contributed by atoms with Crippen LogP contribution in [-0.2, 0) is 23.0 Å². The molecule has 4 rings (SSSR count). The van der Waals surface area contributed by atoms with Crippen molar-refractivity contribution < 1.29 is 19.1 Å². The van der Waals surface area contributed by atoms with Crippen LogP contribution in [0.5, 0.6) is 11.5 Å². The highest BCUT2D eigenvalue weighted by molar-refractivity contribution is 5.90. The molecule has 0 amide bonds. The first-order chi connectivity index (χ1) is 15.4. The number of aryl methyl sites for hydroxylation is 1. The van der Waals surface area contributed by atoms with Gasteiger partial charge in [-0.15, -0.1) is 0 Å². The first kappa shape index (κ1) is 21.0. The summed E-state index contributed by atoms with van der Waals surface area (Å²) in [7, 11) is 3.27. The number of benzene rings is 2. The molecule has 0 unspecified atom stereocenters. The van der Waals surface area contributed by atoms with Crippen molar-refractivity contribution in [2.24, 2.45) is 7.05 Å². The van der Waals surface area contributed by atoms with Crippen LogP contribution >= 0.6 is 0 Å². The summed E-state index contributed by atoms with van der Waals surface area (Å²) in [4.78, 5) is 31.8. The number of nitrogens with one attached hydrogen (secondary N) is 1. The van der Waals surface area contributed by atoms with Crippen molar-refractivity contribution in [3.05, 3.63) is 72.1 Å². The lowest BCUT2D eigenvalue weighted by Gasteiger charge is -2.07. The van der Waals surface area contributed by atoms with E-state index in [0.717, 1.165) is 16.7 Å². The summed E-state index contributed by atoms with van der Waals surface area (Å²) in [6.45, 7) is 1.53. The number of fused-ring (bicyclic) bond motifs is 1. The second kappa shape index (κ2) is 8.89. The minimum atomic E-state index is -0.380. The first-order valence-electron chi connectivity index (χ1n) is 9.97. The molecule has 0 saturated carbocycles. The third-order valence-corrected chi connectivity index (χ3v) is 4.87. The second-order valence-corrected chi connectivity index (χ2v) is 7.30. The predicted octanol–water partition coefficient (Wildman–Crippen LogP) is 4.42. The minimum Gasteiger partial charge on any atom is -0.465 e. The van der Waals surface area contributed by atoms with Gasteiger partial charge < -0.3 is 19.4 Å². The van der Waals surface area contributed by atoms with Gasteiger partial charge in [-0.1, -0.05) is 0 Å². The number of nitrogens with zero attached hydrogens (tertiary/aromatic N) is 3. The Labute approximate surface area is 184 Å². The number of hydrogen-bond donors (Lipinski definition) is 1. The lowest BCUT2D eigenvalue weighted by atomic mass is 10.2. The summed E-state index contributed by atoms with van der Waals surface area (Å²) in [5.41, 5.74) is 3.63. The van der Waals surface area contributed by atoms with Crippen molar-refractivity contribution in [1.29, 1.82) is 0 Å². The van der Waals surface area contributed by atoms with Crippen LogP contribution in [0, 0.1) is 0 Å². The smallest absolute Gasteiger partial charge is 0.337 e. The van der Waals surface area contributed by atoms with Gasteiger partial charge in [0.25, 0.3) is 0 Å². The fraction of sp³-hybridized carbons (Fsp3) is 0.167. The molecule has 8 heteroatoms. The number of carbonyl (C=O) groups is 2. The van der Waals surface area contributed by atoms with Gasteiger partial charge in [0.15, 0.2) is 0 Å². The van der Waals surface area contributed by atoms with Crippen LogP contribution in [-0.4, -0.2) is 33.4 Å². The van der Waals surface area contributed by atoms with Gasteiger partial charge in [-0.05, 0) is 49.4 Å². The highest BCUT2D eigenvalue weighted by atomic mass is 16.5. The monoisotopic (exact) mass is 430 g/mol. The third-order valence-electron chi connectivity index (χ3n) is 4.87. The number of hydrogen-bond acceptors (Lipinski definition) is 7. The van der Waals surface area contributed by atoms with Gasteiger partial charge in [-0.25, -0.2) is 9.78 Å². The Kier molecular flexibility index (Phi) is 5.85. The maximum absolute atomic E-state index is 11.6. The Bertz CT molecular complexity index is 1300. The number of esters is 1. The van der Waals surface area contributed by atoms with Crippen molar-refractivity contribution in [1.82, 2.24) is 14.5 Å². The molecule has 0 fully saturated rings. The summed E-state index contributed by atoms with van der Waals surface area (Å²) in [5.74, 6) is 1.55. The minimum absolute atomic E-state index is 0.0459. The van der Waals surface area contributed by atoms with Crippen molar-refractivity contribution in [2.75, 3.05) is 12.4 Å². The molecule has 0 aliphatic heterocycles. The van der Waals surface area contributed by atoms with Gasteiger partial charge in [0.2, 0.25) is 5.95 Å². The van der Waals surface area contributed by atoms with Crippen molar-refractivity contribution >= 4 is 34.4 Å². The normalized spacial score (nSPS) is 10.7. The fourth-order valence-corrected chi connectivity index (χ4v) is 3.30. The van der Waals surface area contributed by atoms with E-state index in [2.05, 4.69) is 15.3 Å². The van der Waals surface area contributed by atoms with E-state index >= 15 is 0 Å². The molecule has 1 N–H and O–H groups in total. The van der Waals surface area contributed by atoms with Crippen LogP contribution < -0.4 is 10.1 Å². The van der Waals surface area contributed by atoms with Crippen molar-refractivity contribution in [3.8, 4) is 11.5 Å². The molecule has 0 aliphatic carbocycles. The van der Waals surface area contributed by atoms with E-state index in [4.69, 9.17) is 9.47 Å². The fourth-order valence-electron chi connectivity index (χ4n) is 3.30. The number of carbonyl (C=O) groups excluding carboxylic acids is 2. The number of ketones is 1. The number of aromatic nitrogens is 3. The Morgan fingerprint density at radius 3 is 2.50 bits per heavy atom. The van der Waals surface area contributed by atoms with E-state index in [1.165, 1.54) is 14.0 Å². The molecule has 4 aromatic rings. The zero-order chi connectivity index (χ0) is 22.7. The predicted molar refractivity (Wildman–Crippen MR) is 120 cm³/mol. The summed E-state index contributed by atoms with van der Waals surface area (Å²) in [5, 5.41) is 3.26. The van der Waals surface area contributed by atoms with Gasteiger partial charge in [0, 0.05) is 37.5 Å². The van der Waals surface area contributed by atoms with Crippen LogP contribution in [0.2, 0.25) is 0 Å². The van der Waals surface area contributed by atoms with E-state index in [-0.39, 0.29) is 18.2 Å². The van der Waals surface area contributed by atoms with Crippen LogP contribution in [0.4, 0.5) is 11.6 Å². The lowest BCUT2D eigenvalue weighted by molar-refractivity contribution is -0.116. The molecule has 0 spiro atoms. The molecule has 0 aliphatic rings. The first-order valence-corrected chi connectivity index (χ1v) is 9.97. The van der Waals surface area contributed by atoms with Gasteiger partial charge in [0.05, 0.1) is 29.4 Å². The molecule has 0 saturated heterocycles. The molecule has 0 bridgehead atoms. The molecule has 0 atom stereocenters. The molecule has 162 valence electrons. The van der Waals surface area contributed by atoms with Crippen LogP contribution in [0.15, 0.2) is 60.8 Å². The number of anilines is 2. The Hall–Kier alpha value is -4.20. The number of Topliss-reactive ketones (excluding diaryl/α,β-unsaturated/α-hetero) is 1. The topological polar surface area (TPSA) is 95.3 Å². The Morgan fingerprint density at radius 1 is 1.03 bits per heavy atom. The Balaban J connectivity index is 1.54. The quantitative estimate of drug-likeness (QED) is 0.434. The maximum atomic E-state index is 11.6. The SMILES string of the molecule is COC(=O)c1ccc(Nc2nc3cc(Oc4ccnc(CC(C)=O)c4)ccc3n2C)cc1. The average Bonchev–Trinajstić information content (AvgIpc) is 3.08. The molecule has 8 nitrogen and oxygen atoms in total. The van der Waals surface area contributed by atoms with E-state index in [1.807, 2.05) is 29.8 Å². The molecule has 0 radical (unpaired) electrons. The summed E-state index contributed by atoms with van der Waals surface area (Å²) >= 11 is 0. The van der Waals surface area contributed by atoms with Crippen molar-refractivity contribution in [3.63, 3.8) is 0 Å². The molecule has 2 aromatic carbocycles. The number of pyridine rings is 1. The van der Waals surface area contributed by atoms with E-state index in [9.17, 15) is 9.59 Å². The molecule has 2 heterocycles. The number of methoxy groups -OCH3 is 1. The van der Waals surface area contributed by atoms with Crippen LogP contribution in [0.1, 0.15) is 23.0 Å². The average molecular weight is 430 g/mol. The summed E-state index contributed by atoms with van der Waals surface area (Å²) in [6, 6.07) is 16.1. The zero-order valence-electron chi connectivity index (χ0n) is 18.0. The highest BCUT2D eigenvalue weighted by Gasteiger charge is 2.11. The van der Waals surface area contributed by atoms with Gasteiger partial charge in [-0.2, -0.15) is 0 Å². The second-order valence-electron chi connectivity index (χ2n) is 7.30. The highest BCUT2D eigenvalue weighted by Crippen LogP contribution is 2.28. The van der Waals surface area contributed by atoms with Crippen LogP contribution in [0.25, 0.3) is 11.0 Å². The van der Waals surface area contributed by atoms with E-state index in [0.29, 0.717) is 28.7 Å². The molecular formula is C24H22N4O4. The molecular weight excluding hydrogens is 408 g/mol. The maximum Gasteiger partial charge on any atom is 0.337 e. The summed E-state index contributed by atoms with van der Waals surface area (Å²) < 4.78 is 12.6. The zero-order valence-corrected chi connectivity index (χ0v) is 18.0.